The maximum atomic E-state index is 13.7. The van der Waals surface area contributed by atoms with E-state index in [1.807, 2.05) is 6.92 Å². The number of urea groups is 1. The molecule has 0 aromatic carbocycles. The van der Waals surface area contributed by atoms with Crippen LogP contribution in [0.5, 0.6) is 0 Å². The molecule has 1 aliphatic heterocycles. The Bertz CT molecular complexity index is 935. The standard InChI is InChI=1S/C26H40N5O5P/c1-8-12-17-15-19(22(33)28-18(13-9-2)20(32)23(34)27-14-10-3)31(16-17)24(35)21(26(5,6)7)29-25(36)30-37-11-4/h4,10,12,17-21,32,37H,1,3,9,13-16H2,2,5-7H3,(H,27,34)(H,28,33)(H2,29,30,36)/t17-,18?,19+,20?,21-/m1/s1. The summed E-state index contributed by atoms with van der Waals surface area (Å²) < 4.78 is 0. The zero-order chi connectivity index (χ0) is 28.2. The van der Waals surface area contributed by atoms with Gasteiger partial charge in [0.25, 0.3) is 5.91 Å². The van der Waals surface area contributed by atoms with E-state index >= 15 is 0 Å². The van der Waals surface area contributed by atoms with Crippen molar-refractivity contribution in [3.8, 4) is 12.1 Å². The fourth-order valence-corrected chi connectivity index (χ4v) is 4.34. The summed E-state index contributed by atoms with van der Waals surface area (Å²) in [5.74, 6) is -1.72. The first kappa shape index (κ1) is 31.9. The molecule has 3 unspecified atom stereocenters. The third-order valence-corrected chi connectivity index (χ3v) is 6.40. The molecule has 0 spiro atoms. The number of terminal acetylenes is 1. The normalized spacial score (nSPS) is 19.6. The molecule has 0 radical (unpaired) electrons. The van der Waals surface area contributed by atoms with Gasteiger partial charge in [-0.05, 0) is 24.3 Å². The topological polar surface area (TPSA) is 140 Å². The summed E-state index contributed by atoms with van der Waals surface area (Å²) in [6.07, 6.45) is 8.20. The molecule has 1 aliphatic rings. The zero-order valence-corrected chi connectivity index (χ0v) is 23.1. The molecule has 5 N–H and O–H groups in total. The molecule has 5 amide bonds. The number of carbonyl (C=O) groups is 4. The smallest absolute Gasteiger partial charge is 0.319 e. The SMILES string of the molecule is C#CPNC(=O)N[C@H](C(=O)N1C[C@H](C=C=C)C[C@H]1C(=O)NC(CCC)C(O)C(=O)NCC=C)C(C)(C)C. The minimum Gasteiger partial charge on any atom is -0.381 e. The van der Waals surface area contributed by atoms with Gasteiger partial charge in [0.1, 0.15) is 12.1 Å². The van der Waals surface area contributed by atoms with E-state index in [-0.39, 0.29) is 27.7 Å². The van der Waals surface area contributed by atoms with Crippen LogP contribution in [-0.2, 0) is 14.4 Å². The van der Waals surface area contributed by atoms with Gasteiger partial charge < -0.3 is 31.0 Å². The number of nitrogens with one attached hydrogen (secondary N) is 4. The Morgan fingerprint density at radius 3 is 2.49 bits per heavy atom. The van der Waals surface area contributed by atoms with E-state index in [0.29, 0.717) is 19.3 Å². The van der Waals surface area contributed by atoms with Crippen LogP contribution >= 0.6 is 8.73 Å². The number of likely N-dealkylation sites (tertiary alicyclic amines) is 1. The van der Waals surface area contributed by atoms with Gasteiger partial charge in [-0.2, -0.15) is 0 Å². The van der Waals surface area contributed by atoms with Gasteiger partial charge in [0.05, 0.1) is 14.8 Å². The number of aliphatic hydroxyl groups excluding tert-OH is 1. The molecule has 0 aromatic rings. The largest absolute Gasteiger partial charge is 0.381 e. The Morgan fingerprint density at radius 1 is 1.27 bits per heavy atom. The third kappa shape index (κ3) is 9.70. The van der Waals surface area contributed by atoms with Gasteiger partial charge in [-0.25, -0.2) is 4.79 Å². The zero-order valence-electron chi connectivity index (χ0n) is 22.1. The summed E-state index contributed by atoms with van der Waals surface area (Å²) in [7, 11) is -0.248. The first-order chi connectivity index (χ1) is 17.4. The summed E-state index contributed by atoms with van der Waals surface area (Å²) >= 11 is 0. The highest BCUT2D eigenvalue weighted by Gasteiger charge is 2.45. The van der Waals surface area contributed by atoms with Gasteiger partial charge in [-0.3, -0.25) is 14.4 Å². The second kappa shape index (κ2) is 15.2. The molecular weight excluding hydrogens is 493 g/mol. The Morgan fingerprint density at radius 2 is 1.95 bits per heavy atom. The molecule has 37 heavy (non-hydrogen) atoms. The number of hydrogen-bond donors (Lipinski definition) is 5. The van der Waals surface area contributed by atoms with E-state index in [1.165, 1.54) is 11.0 Å². The van der Waals surface area contributed by atoms with Crippen LogP contribution in [0, 0.1) is 23.4 Å². The van der Waals surface area contributed by atoms with Gasteiger partial charge in [-0.15, -0.1) is 18.7 Å². The second-order valence-corrected chi connectivity index (χ2v) is 10.7. The average molecular weight is 534 g/mol. The molecule has 1 fully saturated rings. The van der Waals surface area contributed by atoms with Crippen LogP contribution in [0.4, 0.5) is 4.79 Å². The quantitative estimate of drug-likeness (QED) is 0.112. The van der Waals surface area contributed by atoms with Crippen LogP contribution < -0.4 is 21.0 Å². The van der Waals surface area contributed by atoms with Gasteiger partial charge in [0.2, 0.25) is 11.8 Å². The number of carbonyl (C=O) groups excluding carboxylic acids is 4. The highest BCUT2D eigenvalue weighted by molar-refractivity contribution is 7.42. The molecule has 1 rings (SSSR count). The van der Waals surface area contributed by atoms with Crippen molar-refractivity contribution < 1.29 is 24.3 Å². The third-order valence-electron chi connectivity index (χ3n) is 5.91. The van der Waals surface area contributed by atoms with Crippen LogP contribution in [0.1, 0.15) is 47.0 Å². The monoisotopic (exact) mass is 533 g/mol. The summed E-state index contributed by atoms with van der Waals surface area (Å²) in [4.78, 5) is 53.2. The lowest BCUT2D eigenvalue weighted by molar-refractivity contribution is -0.143. The fourth-order valence-electron chi connectivity index (χ4n) is 4.08. The highest BCUT2D eigenvalue weighted by atomic mass is 31.1. The van der Waals surface area contributed by atoms with Crippen molar-refractivity contribution >= 4 is 32.5 Å². The van der Waals surface area contributed by atoms with Crippen molar-refractivity contribution in [3.63, 3.8) is 0 Å². The average Bonchev–Trinajstić information content (AvgIpc) is 3.27. The van der Waals surface area contributed by atoms with Crippen molar-refractivity contribution in [2.24, 2.45) is 11.3 Å². The first-order valence-corrected chi connectivity index (χ1v) is 13.2. The molecule has 10 nitrogen and oxygen atoms in total. The molecule has 1 heterocycles. The lowest BCUT2D eigenvalue weighted by atomic mass is 9.85. The van der Waals surface area contributed by atoms with Crippen LogP contribution in [0.15, 0.2) is 31.0 Å². The maximum absolute atomic E-state index is 13.7. The minimum absolute atomic E-state index is 0.180. The number of rotatable bonds is 12. The van der Waals surface area contributed by atoms with E-state index in [9.17, 15) is 24.3 Å². The van der Waals surface area contributed by atoms with E-state index in [0.717, 1.165) is 0 Å². The summed E-state index contributed by atoms with van der Waals surface area (Å²) in [6, 6.07) is -3.25. The van der Waals surface area contributed by atoms with Gasteiger partial charge in [-0.1, -0.05) is 52.4 Å². The number of amides is 5. The molecule has 0 bridgehead atoms. The molecule has 0 aliphatic carbocycles. The molecule has 204 valence electrons. The van der Waals surface area contributed by atoms with E-state index in [2.05, 4.69) is 45.6 Å². The highest BCUT2D eigenvalue weighted by Crippen LogP contribution is 2.29. The van der Waals surface area contributed by atoms with Gasteiger partial charge in [0.15, 0.2) is 6.10 Å². The lowest BCUT2D eigenvalue weighted by Gasteiger charge is -2.35. The molecule has 6 atom stereocenters. The molecule has 0 saturated carbocycles. The van der Waals surface area contributed by atoms with E-state index in [4.69, 9.17) is 6.42 Å². The van der Waals surface area contributed by atoms with Gasteiger partial charge in [0, 0.05) is 19.0 Å². The Hall–Kier alpha value is -3.11. The van der Waals surface area contributed by atoms with Crippen molar-refractivity contribution in [2.45, 2.75) is 71.2 Å². The molecular formula is C26H40N5O5P. The Labute approximate surface area is 221 Å². The predicted molar refractivity (Wildman–Crippen MR) is 145 cm³/mol. The van der Waals surface area contributed by atoms with Crippen molar-refractivity contribution in [1.29, 1.82) is 0 Å². The first-order valence-electron chi connectivity index (χ1n) is 12.2. The van der Waals surface area contributed by atoms with Crippen LogP contribution in [-0.4, -0.2) is 71.1 Å². The molecule has 0 aromatic heterocycles. The summed E-state index contributed by atoms with van der Waals surface area (Å²) in [5, 5.41) is 21.1. The number of aliphatic hydroxyl groups is 1. The van der Waals surface area contributed by atoms with Gasteiger partial charge >= 0.3 is 6.03 Å². The fraction of sp³-hybridized carbons (Fsp3) is 0.577. The van der Waals surface area contributed by atoms with Crippen molar-refractivity contribution in [3.05, 3.63) is 31.0 Å². The summed E-state index contributed by atoms with van der Waals surface area (Å²) in [5.41, 5.74) is 4.37. The van der Waals surface area contributed by atoms with E-state index in [1.54, 1.807) is 26.8 Å². The van der Waals surface area contributed by atoms with E-state index < -0.39 is 53.4 Å². The van der Waals surface area contributed by atoms with Crippen molar-refractivity contribution in [2.75, 3.05) is 13.1 Å². The lowest BCUT2D eigenvalue weighted by Crippen LogP contribution is -2.60. The number of nitrogens with zero attached hydrogens (tertiary/aromatic N) is 1. The van der Waals surface area contributed by atoms with Crippen LogP contribution in [0.25, 0.3) is 0 Å². The number of hydrogen-bond acceptors (Lipinski definition) is 5. The Kier molecular flexibility index (Phi) is 13.1. The predicted octanol–water partition coefficient (Wildman–Crippen LogP) is 1.39. The van der Waals surface area contributed by atoms with Crippen LogP contribution in [0.3, 0.4) is 0 Å². The Balaban J connectivity index is 3.20. The molecule has 1 saturated heterocycles. The second-order valence-electron chi connectivity index (χ2n) is 9.92. The van der Waals surface area contributed by atoms with Crippen molar-refractivity contribution in [1.82, 2.24) is 25.9 Å². The molecule has 11 heteroatoms. The van der Waals surface area contributed by atoms with Crippen LogP contribution in [0.2, 0.25) is 0 Å². The minimum atomic E-state index is -1.47. The summed E-state index contributed by atoms with van der Waals surface area (Å²) in [6.45, 7) is 14.8. The maximum Gasteiger partial charge on any atom is 0.319 e.